The van der Waals surface area contributed by atoms with Gasteiger partial charge in [-0.25, -0.2) is 17.2 Å². The molecular formula is C29H33F2N3O4S. The number of nitrogens with zero attached hydrogens (tertiary/aromatic N) is 2. The molecule has 10 heteroatoms. The number of hydrogen-bond acceptors (Lipinski definition) is 4. The number of amides is 2. The maximum atomic E-state index is 14.9. The van der Waals surface area contributed by atoms with E-state index >= 15 is 0 Å². The number of para-hydroxylation sites is 1. The Kier molecular flexibility index (Phi) is 9.80. The van der Waals surface area contributed by atoms with Crippen molar-refractivity contribution >= 4 is 27.5 Å². The number of carbonyl (C=O) groups is 2. The Morgan fingerprint density at radius 2 is 1.51 bits per heavy atom. The van der Waals surface area contributed by atoms with Gasteiger partial charge < -0.3 is 10.2 Å². The highest BCUT2D eigenvalue weighted by Gasteiger charge is 2.33. The number of aryl methyl sites for hydroxylation is 1. The molecule has 0 aliphatic heterocycles. The largest absolute Gasteiger partial charge is 0.354 e. The van der Waals surface area contributed by atoms with Crippen LogP contribution in [0.25, 0.3) is 0 Å². The molecule has 0 bridgehead atoms. The fourth-order valence-corrected chi connectivity index (χ4v) is 5.25. The van der Waals surface area contributed by atoms with Crippen molar-refractivity contribution in [1.29, 1.82) is 0 Å². The normalized spacial score (nSPS) is 12.2. The average Bonchev–Trinajstić information content (AvgIpc) is 2.90. The molecule has 1 unspecified atom stereocenters. The number of hydrogen-bond donors (Lipinski definition) is 1. The summed E-state index contributed by atoms with van der Waals surface area (Å²) in [5.41, 5.74) is 1.06. The molecule has 39 heavy (non-hydrogen) atoms. The van der Waals surface area contributed by atoms with Crippen LogP contribution in [-0.2, 0) is 26.2 Å². The van der Waals surface area contributed by atoms with Crippen LogP contribution in [0.4, 0.5) is 14.5 Å². The standard InChI is InChI=1S/C29H33F2N3O4S/c1-20(2)17-32-29(36)22(4)33(18-23-11-13-24(30)14-12-23)28(35)19-34(27-8-6-5-7-26(27)31)39(37,38)25-15-9-21(3)10-16-25/h5-16,20,22H,17-19H2,1-4H3,(H,32,36). The third-order valence-corrected chi connectivity index (χ3v) is 7.90. The quantitative estimate of drug-likeness (QED) is 0.372. The van der Waals surface area contributed by atoms with Crippen molar-refractivity contribution in [2.24, 2.45) is 5.92 Å². The van der Waals surface area contributed by atoms with Crippen LogP contribution in [0, 0.1) is 24.5 Å². The minimum absolute atomic E-state index is 0.0922. The fourth-order valence-electron chi connectivity index (χ4n) is 3.83. The smallest absolute Gasteiger partial charge is 0.264 e. The van der Waals surface area contributed by atoms with E-state index in [9.17, 15) is 26.8 Å². The van der Waals surface area contributed by atoms with Crippen LogP contribution in [0.1, 0.15) is 31.9 Å². The van der Waals surface area contributed by atoms with Crippen molar-refractivity contribution in [3.8, 4) is 0 Å². The van der Waals surface area contributed by atoms with Gasteiger partial charge in [0, 0.05) is 13.1 Å². The van der Waals surface area contributed by atoms with Gasteiger partial charge >= 0.3 is 0 Å². The summed E-state index contributed by atoms with van der Waals surface area (Å²) in [5.74, 6) is -2.29. The molecule has 0 spiro atoms. The van der Waals surface area contributed by atoms with Gasteiger partial charge in [-0.05, 0) is 61.7 Å². The van der Waals surface area contributed by atoms with Gasteiger partial charge in [-0.15, -0.1) is 0 Å². The predicted octanol–water partition coefficient (Wildman–Crippen LogP) is 4.66. The van der Waals surface area contributed by atoms with Gasteiger partial charge in [-0.1, -0.05) is 55.8 Å². The Morgan fingerprint density at radius 1 is 0.897 bits per heavy atom. The van der Waals surface area contributed by atoms with Crippen molar-refractivity contribution in [2.45, 2.75) is 45.2 Å². The topological polar surface area (TPSA) is 86.8 Å². The zero-order valence-corrected chi connectivity index (χ0v) is 23.2. The molecular weight excluding hydrogens is 524 g/mol. The van der Waals surface area contributed by atoms with Gasteiger partial charge in [0.25, 0.3) is 10.0 Å². The van der Waals surface area contributed by atoms with Gasteiger partial charge in [-0.3, -0.25) is 13.9 Å². The first kappa shape index (κ1) is 29.8. The zero-order valence-electron chi connectivity index (χ0n) is 22.4. The van der Waals surface area contributed by atoms with Crippen LogP contribution in [0.5, 0.6) is 0 Å². The SMILES string of the molecule is Cc1ccc(S(=O)(=O)N(CC(=O)N(Cc2ccc(F)cc2)C(C)C(=O)NCC(C)C)c2ccccc2F)cc1. The summed E-state index contributed by atoms with van der Waals surface area (Å²) in [5, 5.41) is 2.78. The van der Waals surface area contributed by atoms with Crippen molar-refractivity contribution < 1.29 is 26.8 Å². The Morgan fingerprint density at radius 3 is 2.10 bits per heavy atom. The number of halogens is 2. The highest BCUT2D eigenvalue weighted by Crippen LogP contribution is 2.27. The first-order chi connectivity index (χ1) is 18.4. The Labute approximate surface area is 228 Å². The molecule has 0 radical (unpaired) electrons. The lowest BCUT2D eigenvalue weighted by atomic mass is 10.1. The number of sulfonamides is 1. The second-order valence-corrected chi connectivity index (χ2v) is 11.6. The lowest BCUT2D eigenvalue weighted by molar-refractivity contribution is -0.139. The third-order valence-electron chi connectivity index (χ3n) is 6.13. The number of carbonyl (C=O) groups excluding carboxylic acids is 2. The van der Waals surface area contributed by atoms with Crippen LogP contribution in [0.2, 0.25) is 0 Å². The van der Waals surface area contributed by atoms with E-state index in [4.69, 9.17) is 0 Å². The fraction of sp³-hybridized carbons (Fsp3) is 0.310. The van der Waals surface area contributed by atoms with E-state index < -0.39 is 46.1 Å². The molecule has 2 amide bonds. The van der Waals surface area contributed by atoms with Crippen LogP contribution >= 0.6 is 0 Å². The first-order valence-electron chi connectivity index (χ1n) is 12.6. The molecule has 7 nitrogen and oxygen atoms in total. The first-order valence-corrected chi connectivity index (χ1v) is 14.0. The minimum atomic E-state index is -4.37. The maximum Gasteiger partial charge on any atom is 0.264 e. The summed E-state index contributed by atoms with van der Waals surface area (Å²) in [4.78, 5) is 27.8. The third kappa shape index (κ3) is 7.63. The molecule has 0 aliphatic rings. The molecule has 1 N–H and O–H groups in total. The molecule has 3 aromatic carbocycles. The van der Waals surface area contributed by atoms with E-state index in [1.165, 1.54) is 66.4 Å². The second kappa shape index (κ2) is 12.8. The van der Waals surface area contributed by atoms with Crippen molar-refractivity contribution in [2.75, 3.05) is 17.4 Å². The van der Waals surface area contributed by atoms with Gasteiger partial charge in [0.05, 0.1) is 10.6 Å². The number of rotatable bonds is 11. The summed E-state index contributed by atoms with van der Waals surface area (Å²) in [7, 11) is -4.37. The molecule has 3 aromatic rings. The van der Waals surface area contributed by atoms with Crippen molar-refractivity contribution in [1.82, 2.24) is 10.2 Å². The second-order valence-electron chi connectivity index (χ2n) is 9.74. The summed E-state index contributed by atoms with van der Waals surface area (Å²) in [6, 6.07) is 15.7. The molecule has 0 aromatic heterocycles. The Bertz CT molecular complexity index is 1390. The van der Waals surface area contributed by atoms with Gasteiger partial charge in [-0.2, -0.15) is 0 Å². The highest BCUT2D eigenvalue weighted by atomic mass is 32.2. The molecule has 0 fully saturated rings. The highest BCUT2D eigenvalue weighted by molar-refractivity contribution is 7.92. The molecule has 3 rings (SSSR count). The Hall–Kier alpha value is -3.79. The van der Waals surface area contributed by atoms with E-state index in [-0.39, 0.29) is 23.0 Å². The number of anilines is 1. The van der Waals surface area contributed by atoms with Crippen LogP contribution in [0.3, 0.4) is 0 Å². The van der Waals surface area contributed by atoms with Crippen LogP contribution in [0.15, 0.2) is 77.7 Å². The monoisotopic (exact) mass is 557 g/mol. The number of nitrogens with one attached hydrogen (secondary N) is 1. The summed E-state index contributed by atoms with van der Waals surface area (Å²) in [6.45, 7) is 6.70. The molecule has 208 valence electrons. The average molecular weight is 558 g/mol. The van der Waals surface area contributed by atoms with Crippen molar-refractivity contribution in [3.05, 3.63) is 95.6 Å². The molecule has 0 saturated carbocycles. The van der Waals surface area contributed by atoms with Crippen LogP contribution in [-0.4, -0.2) is 44.3 Å². The molecule has 0 heterocycles. The van der Waals surface area contributed by atoms with Gasteiger partial charge in [0.1, 0.15) is 24.2 Å². The lowest BCUT2D eigenvalue weighted by Crippen LogP contribution is -2.51. The summed E-state index contributed by atoms with van der Waals surface area (Å²) in [6.07, 6.45) is 0. The summed E-state index contributed by atoms with van der Waals surface area (Å²) >= 11 is 0. The lowest BCUT2D eigenvalue weighted by Gasteiger charge is -2.32. The van der Waals surface area contributed by atoms with E-state index in [1.807, 2.05) is 13.8 Å². The minimum Gasteiger partial charge on any atom is -0.354 e. The molecule has 0 saturated heterocycles. The van der Waals surface area contributed by atoms with E-state index in [1.54, 1.807) is 19.1 Å². The molecule has 1 atom stereocenters. The maximum absolute atomic E-state index is 14.9. The van der Waals surface area contributed by atoms with Gasteiger partial charge in [0.2, 0.25) is 11.8 Å². The van der Waals surface area contributed by atoms with E-state index in [0.717, 1.165) is 11.6 Å². The Balaban J connectivity index is 2.02. The summed E-state index contributed by atoms with van der Waals surface area (Å²) < 4.78 is 56.5. The van der Waals surface area contributed by atoms with Gasteiger partial charge in [0.15, 0.2) is 0 Å². The van der Waals surface area contributed by atoms with E-state index in [2.05, 4.69) is 5.32 Å². The molecule has 0 aliphatic carbocycles. The van der Waals surface area contributed by atoms with Crippen LogP contribution < -0.4 is 9.62 Å². The number of benzene rings is 3. The van der Waals surface area contributed by atoms with E-state index in [0.29, 0.717) is 16.4 Å². The van der Waals surface area contributed by atoms with Crippen molar-refractivity contribution in [3.63, 3.8) is 0 Å². The predicted molar refractivity (Wildman–Crippen MR) is 146 cm³/mol. The zero-order chi connectivity index (χ0) is 28.7.